The number of phenolic OH excluding ortho intramolecular Hbond substituents is 2. The first-order valence-electron chi connectivity index (χ1n) is 5.31. The molecule has 0 saturated heterocycles. The second-order valence-corrected chi connectivity index (χ2v) is 3.80. The molecule has 0 spiro atoms. The number of esters is 1. The van der Waals surface area contributed by atoms with Crippen molar-refractivity contribution in [2.75, 3.05) is 0 Å². The van der Waals surface area contributed by atoms with Crippen molar-refractivity contribution in [1.82, 2.24) is 0 Å². The summed E-state index contributed by atoms with van der Waals surface area (Å²) in [4.78, 5) is 21.5. The van der Waals surface area contributed by atoms with Crippen molar-refractivity contribution in [3.05, 3.63) is 23.8 Å². The molecule has 0 aliphatic rings. The van der Waals surface area contributed by atoms with Gasteiger partial charge in [0.2, 0.25) is 0 Å². The molecule has 0 radical (unpaired) electrons. The van der Waals surface area contributed by atoms with Crippen LogP contribution in [-0.4, -0.2) is 33.4 Å². The number of aryl methyl sites for hydroxylation is 1. The van der Waals surface area contributed by atoms with E-state index in [1.54, 1.807) is 6.07 Å². The van der Waals surface area contributed by atoms with Gasteiger partial charge in [0.05, 0.1) is 0 Å². The van der Waals surface area contributed by atoms with Gasteiger partial charge >= 0.3 is 11.9 Å². The third kappa shape index (κ3) is 3.97. The van der Waals surface area contributed by atoms with Crippen LogP contribution in [0.15, 0.2) is 18.2 Å². The summed E-state index contributed by atoms with van der Waals surface area (Å²) in [6.45, 7) is 1.14. The van der Waals surface area contributed by atoms with E-state index in [0.29, 0.717) is 12.0 Å². The van der Waals surface area contributed by atoms with E-state index in [4.69, 9.17) is 10.2 Å². The number of carbonyl (C=O) groups excluding carboxylic acids is 1. The van der Waals surface area contributed by atoms with Gasteiger partial charge < -0.3 is 20.1 Å². The second kappa shape index (κ2) is 5.90. The maximum absolute atomic E-state index is 10.8. The number of aromatic hydroxyl groups is 2. The van der Waals surface area contributed by atoms with Gasteiger partial charge in [-0.2, -0.15) is 0 Å². The number of hydrogen-bond donors (Lipinski definition) is 3. The van der Waals surface area contributed by atoms with Crippen LogP contribution in [0.25, 0.3) is 0 Å². The van der Waals surface area contributed by atoms with Crippen LogP contribution < -0.4 is 0 Å². The highest BCUT2D eigenvalue weighted by Gasteiger charge is 2.20. The van der Waals surface area contributed by atoms with Crippen molar-refractivity contribution in [1.29, 1.82) is 0 Å². The van der Waals surface area contributed by atoms with Crippen molar-refractivity contribution in [3.8, 4) is 11.5 Å². The van der Waals surface area contributed by atoms with Crippen LogP contribution in [0.2, 0.25) is 0 Å². The molecular formula is C12H14O6. The lowest BCUT2D eigenvalue weighted by molar-refractivity contribution is -0.162. The zero-order valence-corrected chi connectivity index (χ0v) is 9.79. The summed E-state index contributed by atoms with van der Waals surface area (Å²) in [5.41, 5.74) is 0.642. The molecule has 0 heterocycles. The number of hydrogen-bond acceptors (Lipinski definition) is 5. The molecule has 0 aliphatic heterocycles. The lowest BCUT2D eigenvalue weighted by atomic mass is 10.1. The molecule has 0 aromatic heterocycles. The van der Waals surface area contributed by atoms with Gasteiger partial charge in [-0.05, 0) is 30.5 Å². The molecule has 0 amide bonds. The number of benzene rings is 1. The molecule has 1 aromatic rings. The minimum atomic E-state index is -1.21. The lowest BCUT2D eigenvalue weighted by Gasteiger charge is -2.12. The molecule has 1 aromatic carbocycles. The van der Waals surface area contributed by atoms with Crippen LogP contribution >= 0.6 is 0 Å². The van der Waals surface area contributed by atoms with E-state index in [2.05, 4.69) is 4.74 Å². The number of aliphatic carboxylic acids is 1. The highest BCUT2D eigenvalue weighted by atomic mass is 16.6. The van der Waals surface area contributed by atoms with E-state index in [1.165, 1.54) is 12.1 Å². The van der Waals surface area contributed by atoms with Gasteiger partial charge in [-0.3, -0.25) is 4.79 Å². The molecule has 1 rings (SSSR count). The summed E-state index contributed by atoms with van der Waals surface area (Å²) in [6.07, 6.45) is -0.810. The number of carboxylic acids is 1. The molecule has 6 nitrogen and oxygen atoms in total. The first-order valence-corrected chi connectivity index (χ1v) is 5.31. The fourth-order valence-electron chi connectivity index (χ4n) is 1.46. The van der Waals surface area contributed by atoms with Gasteiger partial charge in [0.1, 0.15) is 0 Å². The summed E-state index contributed by atoms with van der Waals surface area (Å²) in [7, 11) is 0. The molecule has 1 atom stereocenters. The average Bonchev–Trinajstić information content (AvgIpc) is 2.28. The summed E-state index contributed by atoms with van der Waals surface area (Å²) in [5.74, 6) is -2.38. The molecular weight excluding hydrogens is 240 g/mol. The highest BCUT2D eigenvalue weighted by molar-refractivity contribution is 5.76. The van der Waals surface area contributed by atoms with Gasteiger partial charge in [0.25, 0.3) is 0 Å². The van der Waals surface area contributed by atoms with Crippen molar-refractivity contribution < 1.29 is 29.6 Å². The lowest BCUT2D eigenvalue weighted by Crippen LogP contribution is -2.26. The summed E-state index contributed by atoms with van der Waals surface area (Å²) in [6, 6.07) is 4.20. The largest absolute Gasteiger partial charge is 0.504 e. The Morgan fingerprint density at radius 2 is 1.94 bits per heavy atom. The molecule has 3 N–H and O–H groups in total. The highest BCUT2D eigenvalue weighted by Crippen LogP contribution is 2.25. The zero-order chi connectivity index (χ0) is 13.7. The maximum atomic E-state index is 10.8. The number of carbonyl (C=O) groups is 2. The molecule has 98 valence electrons. The molecule has 18 heavy (non-hydrogen) atoms. The molecule has 0 unspecified atom stereocenters. The number of ether oxygens (including phenoxy) is 1. The summed E-state index contributed by atoms with van der Waals surface area (Å²) < 4.78 is 4.64. The Bertz CT molecular complexity index is 454. The minimum Gasteiger partial charge on any atom is -0.504 e. The van der Waals surface area contributed by atoms with E-state index >= 15 is 0 Å². The third-order valence-corrected chi connectivity index (χ3v) is 2.32. The first kappa shape index (κ1) is 13.8. The Labute approximate surface area is 103 Å². The minimum absolute atomic E-state index is 0.0964. The van der Waals surface area contributed by atoms with Gasteiger partial charge in [-0.1, -0.05) is 6.07 Å². The number of rotatable bonds is 5. The van der Waals surface area contributed by atoms with Gasteiger partial charge in [0.15, 0.2) is 17.6 Å². The van der Waals surface area contributed by atoms with Gasteiger partial charge in [-0.25, -0.2) is 4.79 Å². The van der Waals surface area contributed by atoms with Crippen molar-refractivity contribution >= 4 is 11.9 Å². The second-order valence-electron chi connectivity index (χ2n) is 3.80. The van der Waals surface area contributed by atoms with Crippen LogP contribution in [0.3, 0.4) is 0 Å². The Kier molecular flexibility index (Phi) is 4.53. The van der Waals surface area contributed by atoms with Crippen molar-refractivity contribution in [3.63, 3.8) is 0 Å². The predicted molar refractivity (Wildman–Crippen MR) is 61.3 cm³/mol. The Hall–Kier alpha value is -2.24. The zero-order valence-electron chi connectivity index (χ0n) is 9.79. The maximum Gasteiger partial charge on any atom is 0.345 e. The van der Waals surface area contributed by atoms with E-state index in [1.807, 2.05) is 0 Å². The predicted octanol–water partition coefficient (Wildman–Crippen LogP) is 1.05. The molecule has 0 aliphatic carbocycles. The smallest absolute Gasteiger partial charge is 0.345 e. The standard InChI is InChI=1S/C12H14O6/c1-7(13)18-11(12(16)17)5-3-8-2-4-9(14)10(15)6-8/h2,4,6,11,14-15H,3,5H2,1H3,(H,16,17)/t11-/m0/s1. The normalized spacial score (nSPS) is 11.8. The van der Waals surface area contributed by atoms with E-state index in [9.17, 15) is 14.7 Å². The average molecular weight is 254 g/mol. The molecule has 6 heteroatoms. The number of carboxylic acid groups (broad SMARTS) is 1. The fourth-order valence-corrected chi connectivity index (χ4v) is 1.46. The van der Waals surface area contributed by atoms with E-state index in [0.717, 1.165) is 6.92 Å². The molecule has 0 bridgehead atoms. The van der Waals surface area contributed by atoms with Crippen LogP contribution in [0.5, 0.6) is 11.5 Å². The van der Waals surface area contributed by atoms with Gasteiger partial charge in [-0.15, -0.1) is 0 Å². The molecule has 0 fully saturated rings. The van der Waals surface area contributed by atoms with Crippen LogP contribution in [0.1, 0.15) is 18.9 Å². The Morgan fingerprint density at radius 1 is 1.28 bits per heavy atom. The fraction of sp³-hybridized carbons (Fsp3) is 0.333. The Morgan fingerprint density at radius 3 is 2.44 bits per heavy atom. The monoisotopic (exact) mass is 254 g/mol. The Balaban J connectivity index is 2.64. The van der Waals surface area contributed by atoms with E-state index < -0.39 is 18.0 Å². The summed E-state index contributed by atoms with van der Waals surface area (Å²) >= 11 is 0. The van der Waals surface area contributed by atoms with Crippen molar-refractivity contribution in [2.24, 2.45) is 0 Å². The summed E-state index contributed by atoms with van der Waals surface area (Å²) in [5, 5.41) is 27.2. The van der Waals surface area contributed by atoms with Crippen molar-refractivity contribution in [2.45, 2.75) is 25.9 Å². The van der Waals surface area contributed by atoms with Gasteiger partial charge in [0, 0.05) is 6.92 Å². The van der Waals surface area contributed by atoms with Crippen LogP contribution in [-0.2, 0) is 20.7 Å². The first-order chi connectivity index (χ1) is 8.40. The third-order valence-electron chi connectivity index (χ3n) is 2.32. The van der Waals surface area contributed by atoms with Crippen LogP contribution in [0.4, 0.5) is 0 Å². The van der Waals surface area contributed by atoms with Crippen LogP contribution in [0, 0.1) is 0 Å². The van der Waals surface area contributed by atoms with E-state index in [-0.39, 0.29) is 17.9 Å². The SMILES string of the molecule is CC(=O)O[C@@H](CCc1ccc(O)c(O)c1)C(=O)O. The number of phenols is 2. The quantitative estimate of drug-likeness (QED) is 0.536. The molecule has 0 saturated carbocycles. The topological polar surface area (TPSA) is 104 Å².